The number of ketones is 1. The number of alkyl halides is 3. The Labute approximate surface area is 103 Å². The van der Waals surface area contributed by atoms with Gasteiger partial charge in [-0.1, -0.05) is 12.1 Å². The van der Waals surface area contributed by atoms with Gasteiger partial charge in [-0.05, 0) is 12.1 Å². The average Bonchev–Trinajstić information content (AvgIpc) is 2.34. The predicted octanol–water partition coefficient (Wildman–Crippen LogP) is 2.90. The minimum absolute atomic E-state index is 0.0433. The first-order valence-electron chi connectivity index (χ1n) is 5.14. The van der Waals surface area contributed by atoms with Crippen molar-refractivity contribution in [3.63, 3.8) is 0 Å². The summed E-state index contributed by atoms with van der Waals surface area (Å²) in [4.78, 5) is 11.7. The zero-order chi connectivity index (χ0) is 13.8. The first kappa shape index (κ1) is 14.7. The summed E-state index contributed by atoms with van der Waals surface area (Å²) in [5.74, 6) is -0.336. The molecule has 1 rings (SSSR count). The third kappa shape index (κ3) is 3.82. The summed E-state index contributed by atoms with van der Waals surface area (Å²) < 4.78 is 46.6. The van der Waals surface area contributed by atoms with Crippen molar-refractivity contribution >= 4 is 5.78 Å². The lowest BCUT2D eigenvalue weighted by Crippen LogP contribution is -2.18. The van der Waals surface area contributed by atoms with Gasteiger partial charge >= 0.3 is 6.18 Å². The highest BCUT2D eigenvalue weighted by atomic mass is 19.4. The van der Waals surface area contributed by atoms with Crippen LogP contribution in [0.15, 0.2) is 24.3 Å². The molecule has 0 amide bonds. The Hall–Kier alpha value is -1.40. The highest BCUT2D eigenvalue weighted by Crippen LogP contribution is 2.29. The van der Waals surface area contributed by atoms with Crippen molar-refractivity contribution in [2.45, 2.75) is 18.9 Å². The zero-order valence-corrected chi connectivity index (χ0v) is 9.95. The first-order valence-corrected chi connectivity index (χ1v) is 5.14. The van der Waals surface area contributed by atoms with E-state index in [2.05, 4.69) is 0 Å². The minimum Gasteiger partial charge on any atom is -0.355 e. The number of Topliss-reactive ketones (excluding diaryl/α,β-unsaturated/α-hetero) is 1. The Bertz CT molecular complexity index is 394. The maximum absolute atomic E-state index is 12.3. The van der Waals surface area contributed by atoms with Crippen LogP contribution in [0.25, 0.3) is 0 Å². The molecule has 0 aromatic heterocycles. The maximum Gasteiger partial charge on any atom is 0.416 e. The summed E-state index contributed by atoms with van der Waals surface area (Å²) in [6.07, 6.45) is -5.14. The fourth-order valence-electron chi connectivity index (χ4n) is 1.38. The highest BCUT2D eigenvalue weighted by molar-refractivity contribution is 5.96. The molecule has 0 heterocycles. The molecule has 0 saturated carbocycles. The number of ether oxygens (including phenoxy) is 2. The van der Waals surface area contributed by atoms with E-state index in [1.54, 1.807) is 0 Å². The molecule has 18 heavy (non-hydrogen) atoms. The van der Waals surface area contributed by atoms with Crippen LogP contribution in [0.2, 0.25) is 0 Å². The largest absolute Gasteiger partial charge is 0.416 e. The molecule has 0 unspecified atom stereocenters. The number of hydrogen-bond acceptors (Lipinski definition) is 3. The number of hydrogen-bond donors (Lipinski definition) is 0. The molecule has 100 valence electrons. The van der Waals surface area contributed by atoms with Crippen molar-refractivity contribution in [2.24, 2.45) is 0 Å². The molecule has 0 fully saturated rings. The van der Waals surface area contributed by atoms with Gasteiger partial charge in [0.05, 0.1) is 12.0 Å². The van der Waals surface area contributed by atoms with Gasteiger partial charge in [0.15, 0.2) is 12.1 Å². The van der Waals surface area contributed by atoms with E-state index in [-0.39, 0.29) is 17.8 Å². The van der Waals surface area contributed by atoms with E-state index in [0.717, 1.165) is 24.3 Å². The van der Waals surface area contributed by atoms with Crippen molar-refractivity contribution in [3.05, 3.63) is 35.4 Å². The Balaban J connectivity index is 2.76. The molecule has 0 aliphatic rings. The van der Waals surface area contributed by atoms with Crippen LogP contribution in [0.4, 0.5) is 13.2 Å². The standard InChI is InChI=1S/C12H13F3O3/c1-17-11(18-2)7-10(16)8-3-5-9(6-4-8)12(13,14)15/h3-6,11H,7H2,1-2H3. The maximum atomic E-state index is 12.3. The van der Waals surface area contributed by atoms with Crippen LogP contribution < -0.4 is 0 Å². The van der Waals surface area contributed by atoms with Gasteiger partial charge in [-0.25, -0.2) is 0 Å². The van der Waals surface area contributed by atoms with E-state index in [9.17, 15) is 18.0 Å². The predicted molar refractivity (Wildman–Crippen MR) is 58.2 cm³/mol. The summed E-state index contributed by atoms with van der Waals surface area (Å²) in [6, 6.07) is 4.05. The van der Waals surface area contributed by atoms with Crippen LogP contribution in [0, 0.1) is 0 Å². The summed E-state index contributed by atoms with van der Waals surface area (Å²) in [5.41, 5.74) is -0.587. The summed E-state index contributed by atoms with van der Waals surface area (Å²) in [5, 5.41) is 0. The van der Waals surface area contributed by atoms with Gasteiger partial charge in [-0.2, -0.15) is 13.2 Å². The molecule has 0 spiro atoms. The first-order chi connectivity index (χ1) is 8.38. The van der Waals surface area contributed by atoms with Crippen molar-refractivity contribution < 1.29 is 27.4 Å². The number of rotatable bonds is 5. The molecule has 0 radical (unpaired) electrons. The quantitative estimate of drug-likeness (QED) is 0.604. The number of carbonyl (C=O) groups excluding carboxylic acids is 1. The Kier molecular flexibility index (Phi) is 4.86. The molecule has 6 heteroatoms. The van der Waals surface area contributed by atoms with Crippen molar-refractivity contribution in [1.29, 1.82) is 0 Å². The molecule has 1 aromatic carbocycles. The highest BCUT2D eigenvalue weighted by Gasteiger charge is 2.30. The molecule has 1 aromatic rings. The molecule has 0 atom stereocenters. The summed E-state index contributed by atoms with van der Waals surface area (Å²) in [7, 11) is 2.77. The van der Waals surface area contributed by atoms with Gasteiger partial charge in [0.2, 0.25) is 0 Å². The van der Waals surface area contributed by atoms with Gasteiger partial charge in [0.1, 0.15) is 0 Å². The zero-order valence-electron chi connectivity index (χ0n) is 9.95. The fraction of sp³-hybridized carbons (Fsp3) is 0.417. The number of halogens is 3. The second-order valence-corrected chi connectivity index (χ2v) is 3.60. The fourth-order valence-corrected chi connectivity index (χ4v) is 1.38. The second kappa shape index (κ2) is 5.97. The summed E-state index contributed by atoms with van der Waals surface area (Å²) in [6.45, 7) is 0. The van der Waals surface area contributed by atoms with Crippen LogP contribution in [-0.4, -0.2) is 26.3 Å². The van der Waals surface area contributed by atoms with Crippen LogP contribution in [0.5, 0.6) is 0 Å². The van der Waals surface area contributed by atoms with Crippen LogP contribution in [0.3, 0.4) is 0 Å². The van der Waals surface area contributed by atoms with E-state index < -0.39 is 18.0 Å². The molecule has 0 N–H and O–H groups in total. The Morgan fingerprint density at radius 1 is 1.17 bits per heavy atom. The lowest BCUT2D eigenvalue weighted by Gasteiger charge is -2.12. The third-order valence-corrected chi connectivity index (χ3v) is 2.41. The van der Waals surface area contributed by atoms with E-state index >= 15 is 0 Å². The van der Waals surface area contributed by atoms with Crippen molar-refractivity contribution in [2.75, 3.05) is 14.2 Å². The van der Waals surface area contributed by atoms with Gasteiger partial charge in [-0.3, -0.25) is 4.79 Å². The van der Waals surface area contributed by atoms with Crippen molar-refractivity contribution in [1.82, 2.24) is 0 Å². The van der Waals surface area contributed by atoms with Gasteiger partial charge in [-0.15, -0.1) is 0 Å². The topological polar surface area (TPSA) is 35.5 Å². The van der Waals surface area contributed by atoms with Crippen LogP contribution in [-0.2, 0) is 15.7 Å². The number of methoxy groups -OCH3 is 2. The van der Waals surface area contributed by atoms with E-state index in [0.29, 0.717) is 0 Å². The summed E-state index contributed by atoms with van der Waals surface area (Å²) >= 11 is 0. The molecule has 0 saturated heterocycles. The molecule has 0 bridgehead atoms. The molecule has 3 nitrogen and oxygen atoms in total. The molecule has 0 aliphatic heterocycles. The van der Waals surface area contributed by atoms with E-state index in [4.69, 9.17) is 9.47 Å². The van der Waals surface area contributed by atoms with Gasteiger partial charge in [0.25, 0.3) is 0 Å². The molecule has 0 aliphatic carbocycles. The average molecular weight is 262 g/mol. The number of carbonyl (C=O) groups is 1. The van der Waals surface area contributed by atoms with Gasteiger partial charge < -0.3 is 9.47 Å². The minimum atomic E-state index is -4.40. The third-order valence-electron chi connectivity index (χ3n) is 2.41. The van der Waals surface area contributed by atoms with Crippen LogP contribution >= 0.6 is 0 Å². The molecular weight excluding hydrogens is 249 g/mol. The molecular formula is C12H13F3O3. The SMILES string of the molecule is COC(CC(=O)c1ccc(C(F)(F)F)cc1)OC. The number of benzene rings is 1. The van der Waals surface area contributed by atoms with E-state index in [1.807, 2.05) is 0 Å². The van der Waals surface area contributed by atoms with E-state index in [1.165, 1.54) is 14.2 Å². The van der Waals surface area contributed by atoms with Gasteiger partial charge in [0, 0.05) is 19.8 Å². The Morgan fingerprint density at radius 2 is 1.67 bits per heavy atom. The monoisotopic (exact) mass is 262 g/mol. The second-order valence-electron chi connectivity index (χ2n) is 3.60. The normalized spacial score (nSPS) is 11.9. The van der Waals surface area contributed by atoms with Crippen LogP contribution in [0.1, 0.15) is 22.3 Å². The lowest BCUT2D eigenvalue weighted by atomic mass is 10.1. The Morgan fingerprint density at radius 3 is 2.06 bits per heavy atom. The smallest absolute Gasteiger partial charge is 0.355 e. The van der Waals surface area contributed by atoms with Crippen molar-refractivity contribution in [3.8, 4) is 0 Å². The lowest BCUT2D eigenvalue weighted by molar-refractivity contribution is -0.137.